The normalized spacial score (nSPS) is 10.8. The molecule has 0 aliphatic heterocycles. The average Bonchev–Trinajstić information content (AvgIpc) is 3.06. The molecule has 11 heteroatoms. The minimum absolute atomic E-state index is 0.100. The summed E-state index contributed by atoms with van der Waals surface area (Å²) in [6, 6.07) is 6.43. The van der Waals surface area contributed by atoms with E-state index in [-0.39, 0.29) is 24.2 Å². The van der Waals surface area contributed by atoms with E-state index in [1.54, 1.807) is 31.3 Å². The van der Waals surface area contributed by atoms with Crippen molar-refractivity contribution in [1.29, 1.82) is 0 Å². The molecule has 0 radical (unpaired) electrons. The van der Waals surface area contributed by atoms with Gasteiger partial charge >= 0.3 is 5.69 Å². The van der Waals surface area contributed by atoms with Crippen LogP contribution in [0.15, 0.2) is 40.2 Å². The van der Waals surface area contributed by atoms with Crippen LogP contribution in [-0.2, 0) is 30.2 Å². The molecule has 29 heavy (non-hydrogen) atoms. The highest BCUT2D eigenvalue weighted by atomic mass is 16.5. The van der Waals surface area contributed by atoms with Gasteiger partial charge in [-0.2, -0.15) is 0 Å². The van der Waals surface area contributed by atoms with Gasteiger partial charge in [-0.3, -0.25) is 19.0 Å². The lowest BCUT2D eigenvalue weighted by molar-refractivity contribution is -0.118. The van der Waals surface area contributed by atoms with Crippen LogP contribution in [0.3, 0.4) is 0 Å². The molecule has 2 heterocycles. The maximum Gasteiger partial charge on any atom is 0.332 e. The van der Waals surface area contributed by atoms with E-state index < -0.39 is 29.6 Å². The highest BCUT2D eigenvalue weighted by molar-refractivity contribution is 5.90. The molecule has 0 saturated carbocycles. The Morgan fingerprint density at radius 1 is 1.17 bits per heavy atom. The molecule has 3 aromatic rings. The summed E-state index contributed by atoms with van der Waals surface area (Å²) in [5.74, 6) is -0.483. The maximum absolute atomic E-state index is 12.6. The first-order valence-electron chi connectivity index (χ1n) is 8.70. The third-order valence-corrected chi connectivity index (χ3v) is 4.26. The van der Waals surface area contributed by atoms with E-state index >= 15 is 0 Å². The number of nitrogens with one attached hydrogen (secondary N) is 1. The quantitative estimate of drug-likeness (QED) is 0.538. The van der Waals surface area contributed by atoms with Gasteiger partial charge in [0.05, 0.1) is 19.4 Å². The molecule has 152 valence electrons. The fourth-order valence-corrected chi connectivity index (χ4v) is 2.78. The number of anilines is 1. The predicted octanol–water partition coefficient (Wildman–Crippen LogP) is -0.673. The van der Waals surface area contributed by atoms with Crippen molar-refractivity contribution in [1.82, 2.24) is 18.7 Å². The van der Waals surface area contributed by atoms with Crippen LogP contribution in [0.5, 0.6) is 5.75 Å². The summed E-state index contributed by atoms with van der Waals surface area (Å²) in [5.41, 5.74) is 4.78. The monoisotopic (exact) mass is 400 g/mol. The Hall–Kier alpha value is -3.89. The fourth-order valence-electron chi connectivity index (χ4n) is 2.78. The number of carbonyl (C=O) groups excluding carboxylic acids is 2. The third-order valence-electron chi connectivity index (χ3n) is 4.26. The lowest BCUT2D eigenvalue weighted by atomic mass is 10.3. The molecule has 2 amide bonds. The second kappa shape index (κ2) is 8.00. The number of amides is 2. The van der Waals surface area contributed by atoms with E-state index in [1.165, 1.54) is 22.5 Å². The minimum Gasteiger partial charge on any atom is -0.493 e. The van der Waals surface area contributed by atoms with Crippen LogP contribution in [0.2, 0.25) is 0 Å². The Kier molecular flexibility index (Phi) is 5.48. The number of rotatable bonds is 7. The molecule has 0 spiro atoms. The molecule has 1 aromatic carbocycles. The van der Waals surface area contributed by atoms with Gasteiger partial charge in [-0.25, -0.2) is 14.3 Å². The number of ether oxygens (including phenoxy) is 1. The number of imidazole rings is 1. The number of benzene rings is 1. The Morgan fingerprint density at radius 2 is 1.86 bits per heavy atom. The topological polar surface area (TPSA) is 143 Å². The summed E-state index contributed by atoms with van der Waals surface area (Å²) < 4.78 is 8.94. The molecule has 0 aliphatic carbocycles. The number of primary amides is 1. The average molecular weight is 400 g/mol. The van der Waals surface area contributed by atoms with Gasteiger partial charge in [-0.1, -0.05) is 0 Å². The Labute approximate surface area is 164 Å². The largest absolute Gasteiger partial charge is 0.493 e. The van der Waals surface area contributed by atoms with Gasteiger partial charge in [0.15, 0.2) is 11.2 Å². The van der Waals surface area contributed by atoms with E-state index in [0.29, 0.717) is 11.4 Å². The number of aromatic nitrogens is 4. The number of hydrogen-bond donors (Lipinski definition) is 2. The second-order valence-corrected chi connectivity index (χ2v) is 6.40. The molecule has 11 nitrogen and oxygen atoms in total. The summed E-state index contributed by atoms with van der Waals surface area (Å²) in [6.07, 6.45) is 1.53. The molecule has 3 N–H and O–H groups in total. The first-order chi connectivity index (χ1) is 13.8. The molecule has 0 saturated heterocycles. The fraction of sp³-hybridized carbons (Fsp3) is 0.278. The van der Waals surface area contributed by atoms with Gasteiger partial charge in [0.2, 0.25) is 11.8 Å². The summed E-state index contributed by atoms with van der Waals surface area (Å²) in [4.78, 5) is 52.2. The van der Waals surface area contributed by atoms with Gasteiger partial charge in [0.1, 0.15) is 12.3 Å². The number of fused-ring (bicyclic) bond motifs is 1. The smallest absolute Gasteiger partial charge is 0.332 e. The zero-order valence-electron chi connectivity index (χ0n) is 15.9. The lowest BCUT2D eigenvalue weighted by Crippen LogP contribution is -2.42. The molecule has 0 atom stereocenters. The Bertz CT molecular complexity index is 1190. The van der Waals surface area contributed by atoms with Crippen molar-refractivity contribution in [2.45, 2.75) is 13.0 Å². The summed E-state index contributed by atoms with van der Waals surface area (Å²) in [7, 11) is 3.13. The van der Waals surface area contributed by atoms with Crippen molar-refractivity contribution in [3.63, 3.8) is 0 Å². The maximum atomic E-state index is 12.6. The van der Waals surface area contributed by atoms with E-state index in [0.717, 1.165) is 4.57 Å². The van der Waals surface area contributed by atoms with Crippen LogP contribution in [0.25, 0.3) is 11.2 Å². The molecular weight excluding hydrogens is 380 g/mol. The molecule has 0 bridgehead atoms. The van der Waals surface area contributed by atoms with E-state index in [1.807, 2.05) is 0 Å². The number of carbonyl (C=O) groups is 2. The van der Waals surface area contributed by atoms with Gasteiger partial charge in [-0.05, 0) is 24.3 Å². The van der Waals surface area contributed by atoms with E-state index in [4.69, 9.17) is 10.5 Å². The predicted molar refractivity (Wildman–Crippen MR) is 105 cm³/mol. The molecular formula is C18H20N6O5. The number of nitrogens with two attached hydrogens (primary N) is 1. The summed E-state index contributed by atoms with van der Waals surface area (Å²) >= 11 is 0. The number of hydrogen-bond acceptors (Lipinski definition) is 6. The lowest BCUT2D eigenvalue weighted by Gasteiger charge is -2.10. The number of nitrogens with zero attached hydrogens (tertiary/aromatic N) is 4. The van der Waals surface area contributed by atoms with Gasteiger partial charge in [0, 0.05) is 19.8 Å². The van der Waals surface area contributed by atoms with E-state index in [2.05, 4.69) is 10.3 Å². The van der Waals surface area contributed by atoms with Crippen LogP contribution < -0.4 is 27.0 Å². The zero-order chi connectivity index (χ0) is 21.1. The zero-order valence-corrected chi connectivity index (χ0v) is 15.9. The highest BCUT2D eigenvalue weighted by Crippen LogP contribution is 2.16. The standard InChI is InChI=1S/C18H20N6O5/c1-22-10-20-16-15(22)17(27)24(18(28)23(16)2)9-14(26)21-11-3-5-12(6-4-11)29-8-7-13(19)25/h3-6,10H,7-9H2,1-2H3,(H2,19,25)(H,21,26). The van der Waals surface area contributed by atoms with Crippen molar-refractivity contribution in [2.24, 2.45) is 19.8 Å². The van der Waals surface area contributed by atoms with Crippen LogP contribution in [0, 0.1) is 0 Å². The Morgan fingerprint density at radius 3 is 2.52 bits per heavy atom. The van der Waals surface area contributed by atoms with Gasteiger partial charge in [0.25, 0.3) is 5.56 Å². The molecule has 0 fully saturated rings. The SMILES string of the molecule is Cn1cnc2c1c(=O)n(CC(=O)Nc1ccc(OCCC(N)=O)cc1)c(=O)n2C. The minimum atomic E-state index is -0.630. The summed E-state index contributed by atoms with van der Waals surface area (Å²) in [5, 5.41) is 2.62. The van der Waals surface area contributed by atoms with Crippen molar-refractivity contribution in [2.75, 3.05) is 11.9 Å². The first kappa shape index (κ1) is 19.9. The van der Waals surface area contributed by atoms with Gasteiger partial charge < -0.3 is 20.4 Å². The summed E-state index contributed by atoms with van der Waals surface area (Å²) in [6.45, 7) is -0.284. The van der Waals surface area contributed by atoms with Crippen molar-refractivity contribution >= 4 is 28.7 Å². The molecule has 3 rings (SSSR count). The number of aryl methyl sites for hydroxylation is 2. The van der Waals surface area contributed by atoms with Gasteiger partial charge in [-0.15, -0.1) is 0 Å². The van der Waals surface area contributed by atoms with Crippen molar-refractivity contribution < 1.29 is 14.3 Å². The second-order valence-electron chi connectivity index (χ2n) is 6.40. The Balaban J connectivity index is 1.73. The first-order valence-corrected chi connectivity index (χ1v) is 8.70. The third kappa shape index (κ3) is 4.18. The van der Waals surface area contributed by atoms with Crippen molar-refractivity contribution in [3.8, 4) is 5.75 Å². The molecule has 0 aliphatic rings. The van der Waals surface area contributed by atoms with Crippen LogP contribution in [0.4, 0.5) is 5.69 Å². The van der Waals surface area contributed by atoms with Crippen molar-refractivity contribution in [3.05, 3.63) is 51.4 Å². The molecule has 0 unspecified atom stereocenters. The van der Waals surface area contributed by atoms with Crippen LogP contribution in [0.1, 0.15) is 6.42 Å². The van der Waals surface area contributed by atoms with Crippen LogP contribution >= 0.6 is 0 Å². The highest BCUT2D eigenvalue weighted by Gasteiger charge is 2.17. The van der Waals surface area contributed by atoms with E-state index in [9.17, 15) is 19.2 Å². The molecule has 2 aromatic heterocycles. The van der Waals surface area contributed by atoms with Crippen LogP contribution in [-0.4, -0.2) is 37.1 Å².